The molecular weight excluding hydrogens is 340 g/mol. The number of H-pyrrole nitrogens is 1. The minimum absolute atomic E-state index is 0.273. The average Bonchev–Trinajstić information content (AvgIpc) is 3.04. The molecule has 146 valence electrons. The van der Waals surface area contributed by atoms with Gasteiger partial charge >= 0.3 is 0 Å². The van der Waals surface area contributed by atoms with Crippen LogP contribution in [0.15, 0.2) is 12.4 Å². The van der Waals surface area contributed by atoms with Crippen LogP contribution in [0.2, 0.25) is 0 Å². The fourth-order valence-electron chi connectivity index (χ4n) is 4.62. The first-order chi connectivity index (χ1) is 13.0. The molecule has 3 aliphatic rings. The molecule has 0 aliphatic carbocycles. The summed E-state index contributed by atoms with van der Waals surface area (Å²) in [6.45, 7) is 10.6. The number of aromatic amines is 1. The number of fused-ring (bicyclic) bond motifs is 4. The van der Waals surface area contributed by atoms with Gasteiger partial charge in [0.15, 0.2) is 0 Å². The summed E-state index contributed by atoms with van der Waals surface area (Å²) >= 11 is 0. The monoisotopic (exact) mass is 370 g/mol. The van der Waals surface area contributed by atoms with Crippen molar-refractivity contribution in [1.29, 1.82) is 0 Å². The van der Waals surface area contributed by atoms with Gasteiger partial charge in [-0.15, -0.1) is 0 Å². The first-order valence-electron chi connectivity index (χ1n) is 10.0. The highest BCUT2D eigenvalue weighted by Gasteiger charge is 2.37. The van der Waals surface area contributed by atoms with Gasteiger partial charge in [0.05, 0.1) is 17.7 Å². The van der Waals surface area contributed by atoms with Gasteiger partial charge in [-0.05, 0) is 45.6 Å². The number of aryl methyl sites for hydroxylation is 4. The molecule has 5 rings (SSSR count). The van der Waals surface area contributed by atoms with Gasteiger partial charge in [0.2, 0.25) is 5.91 Å². The number of hydrogen-bond donors (Lipinski definition) is 1. The third kappa shape index (κ3) is 3.93. The maximum Gasteiger partial charge on any atom is 0.224 e. The summed E-state index contributed by atoms with van der Waals surface area (Å²) in [6.07, 6.45) is 4.64. The van der Waals surface area contributed by atoms with E-state index in [1.807, 2.05) is 18.5 Å². The second-order valence-electron chi connectivity index (χ2n) is 8.21. The molecule has 1 amide bonds. The zero-order chi connectivity index (χ0) is 19.0. The number of imidazole rings is 1. The van der Waals surface area contributed by atoms with Gasteiger partial charge in [-0.1, -0.05) is 0 Å². The zero-order valence-corrected chi connectivity index (χ0v) is 16.6. The third-order valence-electron chi connectivity index (χ3n) is 6.06. The number of amides is 1. The summed E-state index contributed by atoms with van der Waals surface area (Å²) in [5.41, 5.74) is 4.40. The van der Waals surface area contributed by atoms with Crippen LogP contribution < -0.4 is 0 Å². The summed E-state index contributed by atoms with van der Waals surface area (Å²) in [7, 11) is 0. The van der Waals surface area contributed by atoms with Crippen molar-refractivity contribution < 1.29 is 4.79 Å². The summed E-state index contributed by atoms with van der Waals surface area (Å²) in [5, 5.41) is 4.48. The predicted octanol–water partition coefficient (Wildman–Crippen LogP) is 2.04. The fourth-order valence-corrected chi connectivity index (χ4v) is 4.62. The Labute approximate surface area is 160 Å². The van der Waals surface area contributed by atoms with E-state index in [-0.39, 0.29) is 5.91 Å². The van der Waals surface area contributed by atoms with Gasteiger partial charge < -0.3 is 9.88 Å². The minimum Gasteiger partial charge on any atom is -0.348 e. The van der Waals surface area contributed by atoms with E-state index in [2.05, 4.69) is 37.9 Å². The molecule has 3 saturated heterocycles. The molecular formula is C20H30N6O. The van der Waals surface area contributed by atoms with Crippen LogP contribution in [-0.4, -0.2) is 61.1 Å². The van der Waals surface area contributed by atoms with Crippen LogP contribution in [0.25, 0.3) is 0 Å². The number of nitrogens with one attached hydrogen (secondary N) is 1. The van der Waals surface area contributed by atoms with Crippen LogP contribution in [0.5, 0.6) is 0 Å². The Bertz CT molecular complexity index is 809. The molecule has 5 heterocycles. The molecule has 2 bridgehead atoms. The number of aromatic nitrogens is 4. The first kappa shape index (κ1) is 18.2. The predicted molar refractivity (Wildman–Crippen MR) is 103 cm³/mol. The van der Waals surface area contributed by atoms with Gasteiger partial charge in [-0.25, -0.2) is 4.98 Å². The number of rotatable bonds is 5. The lowest BCUT2D eigenvalue weighted by Gasteiger charge is -2.36. The standard InChI is InChI=1S/C20H30N6O/c1-14-8-15(2)26(23-14)7-6-20(27)25-10-17-4-5-18(25)11-24(9-17)12-19-16(3)21-13-22-19/h8,13,17-18H,4-7,9-12H2,1-3H3,(H,21,22)/t17-,18+/m1/s1. The second-order valence-corrected chi connectivity index (χ2v) is 8.21. The highest BCUT2D eigenvalue weighted by molar-refractivity contribution is 5.76. The maximum absolute atomic E-state index is 13.0. The smallest absolute Gasteiger partial charge is 0.224 e. The van der Waals surface area contributed by atoms with Crippen molar-refractivity contribution in [3.05, 3.63) is 35.2 Å². The van der Waals surface area contributed by atoms with Crippen molar-refractivity contribution >= 4 is 5.91 Å². The number of nitrogens with zero attached hydrogens (tertiary/aromatic N) is 5. The summed E-state index contributed by atoms with van der Waals surface area (Å²) in [5.74, 6) is 0.843. The second kappa shape index (κ2) is 7.46. The minimum atomic E-state index is 0.273. The molecule has 1 N–H and O–H groups in total. The molecule has 3 aliphatic heterocycles. The van der Waals surface area contributed by atoms with E-state index in [0.29, 0.717) is 24.9 Å². The Morgan fingerprint density at radius 2 is 2.07 bits per heavy atom. The molecule has 7 heteroatoms. The van der Waals surface area contributed by atoms with E-state index in [1.54, 1.807) is 6.33 Å². The van der Waals surface area contributed by atoms with Crippen molar-refractivity contribution in [3.8, 4) is 0 Å². The van der Waals surface area contributed by atoms with Crippen LogP contribution in [0.4, 0.5) is 0 Å². The fraction of sp³-hybridized carbons (Fsp3) is 0.650. The largest absolute Gasteiger partial charge is 0.348 e. The summed E-state index contributed by atoms with van der Waals surface area (Å²) < 4.78 is 1.95. The Morgan fingerprint density at radius 3 is 2.78 bits per heavy atom. The zero-order valence-electron chi connectivity index (χ0n) is 16.6. The lowest BCUT2D eigenvalue weighted by Crippen LogP contribution is -2.47. The quantitative estimate of drug-likeness (QED) is 0.874. The van der Waals surface area contributed by atoms with Gasteiger partial charge in [-0.2, -0.15) is 5.10 Å². The van der Waals surface area contributed by atoms with E-state index in [9.17, 15) is 4.79 Å². The molecule has 2 aromatic rings. The molecule has 7 nitrogen and oxygen atoms in total. The topological polar surface area (TPSA) is 70.1 Å². The van der Waals surface area contributed by atoms with Crippen LogP contribution in [0.3, 0.4) is 0 Å². The summed E-state index contributed by atoms with van der Waals surface area (Å²) in [4.78, 5) is 25.2. The molecule has 0 aromatic carbocycles. The van der Waals surface area contributed by atoms with E-state index in [1.165, 1.54) is 6.42 Å². The Hall–Kier alpha value is -2.15. The third-order valence-corrected chi connectivity index (χ3v) is 6.06. The van der Waals surface area contributed by atoms with Crippen molar-refractivity contribution in [2.75, 3.05) is 19.6 Å². The van der Waals surface area contributed by atoms with Crippen molar-refractivity contribution in [2.45, 2.75) is 59.2 Å². The van der Waals surface area contributed by atoms with E-state index >= 15 is 0 Å². The van der Waals surface area contributed by atoms with Crippen LogP contribution in [0, 0.1) is 26.7 Å². The molecule has 3 fully saturated rings. The van der Waals surface area contributed by atoms with Crippen molar-refractivity contribution in [1.82, 2.24) is 29.5 Å². The average molecular weight is 371 g/mol. The van der Waals surface area contributed by atoms with Crippen LogP contribution >= 0.6 is 0 Å². The normalized spacial score (nSPS) is 23.0. The highest BCUT2D eigenvalue weighted by atomic mass is 16.2. The molecule has 2 aromatic heterocycles. The highest BCUT2D eigenvalue weighted by Crippen LogP contribution is 2.29. The Kier molecular flexibility index (Phi) is 5.04. The molecule has 27 heavy (non-hydrogen) atoms. The van der Waals surface area contributed by atoms with Crippen LogP contribution in [0.1, 0.15) is 42.0 Å². The van der Waals surface area contributed by atoms with Crippen LogP contribution in [-0.2, 0) is 17.9 Å². The Balaban J connectivity index is 1.39. The molecule has 0 radical (unpaired) electrons. The van der Waals surface area contributed by atoms with E-state index in [0.717, 1.165) is 55.4 Å². The molecule has 0 spiro atoms. The first-order valence-corrected chi connectivity index (χ1v) is 10.0. The van der Waals surface area contributed by atoms with Gasteiger partial charge in [0, 0.05) is 56.6 Å². The van der Waals surface area contributed by atoms with Gasteiger partial charge in [0.1, 0.15) is 0 Å². The number of carbonyl (C=O) groups excluding carboxylic acids is 1. The van der Waals surface area contributed by atoms with Crippen molar-refractivity contribution in [2.24, 2.45) is 5.92 Å². The lowest BCUT2D eigenvalue weighted by atomic mass is 9.94. The van der Waals surface area contributed by atoms with Gasteiger partial charge in [-0.3, -0.25) is 14.4 Å². The number of carbonyl (C=O) groups is 1. The lowest BCUT2D eigenvalue weighted by molar-refractivity contribution is -0.135. The van der Waals surface area contributed by atoms with Crippen molar-refractivity contribution in [3.63, 3.8) is 0 Å². The molecule has 2 atom stereocenters. The van der Waals surface area contributed by atoms with E-state index < -0.39 is 0 Å². The number of hydrogen-bond acceptors (Lipinski definition) is 4. The SMILES string of the molecule is Cc1cc(C)n(CCC(=O)N2C[C@@H]3CC[C@H]2CN(Cc2nc[nH]c2C)C3)n1. The maximum atomic E-state index is 13.0. The summed E-state index contributed by atoms with van der Waals surface area (Å²) in [6, 6.07) is 2.39. The molecule has 0 saturated carbocycles. The molecule has 0 unspecified atom stereocenters. The Morgan fingerprint density at radius 1 is 1.22 bits per heavy atom. The number of piperidine rings is 1. The van der Waals surface area contributed by atoms with E-state index in [4.69, 9.17) is 0 Å². The van der Waals surface area contributed by atoms with Gasteiger partial charge in [0.25, 0.3) is 0 Å².